The van der Waals surface area contributed by atoms with Crippen molar-refractivity contribution in [1.82, 2.24) is 4.31 Å². The van der Waals surface area contributed by atoms with Crippen LogP contribution in [0.4, 0.5) is 0 Å². The van der Waals surface area contributed by atoms with Gasteiger partial charge in [-0.05, 0) is 58.0 Å². The Morgan fingerprint density at radius 3 is 1.88 bits per heavy atom. The van der Waals surface area contributed by atoms with E-state index in [0.717, 1.165) is 16.2 Å². The molecular weight excluding hydrogens is 342 g/mol. The smallest absolute Gasteiger partial charge is 0.207 e. The molecule has 0 N–H and O–H groups in total. The molecule has 0 heterocycles. The summed E-state index contributed by atoms with van der Waals surface area (Å²) in [5.74, 6) is 0. The van der Waals surface area contributed by atoms with Gasteiger partial charge in [0.25, 0.3) is 0 Å². The fourth-order valence-corrected chi connectivity index (χ4v) is 4.98. The molecule has 0 fully saturated rings. The zero-order valence-corrected chi connectivity index (χ0v) is 16.2. The van der Waals surface area contributed by atoms with Gasteiger partial charge in [0.05, 0.1) is 4.90 Å². The molecule has 0 unspecified atom stereocenters. The first-order chi connectivity index (χ1) is 12.3. The summed E-state index contributed by atoms with van der Waals surface area (Å²) >= 11 is 0. The number of fused-ring (bicyclic) bond motifs is 4. The third-order valence-corrected chi connectivity index (χ3v) is 7.17. The molecule has 4 rings (SSSR count). The number of hydrogen-bond donors (Lipinski definition) is 0. The number of rotatable bonds is 2. The second kappa shape index (κ2) is 5.79. The van der Waals surface area contributed by atoms with Crippen molar-refractivity contribution >= 4 is 42.3 Å². The molecule has 0 amide bonds. The lowest BCUT2D eigenvalue weighted by Gasteiger charge is -2.17. The average Bonchev–Trinajstić information content (AvgIpc) is 2.64. The second-order valence-corrected chi connectivity index (χ2v) is 9.04. The van der Waals surface area contributed by atoms with Crippen LogP contribution >= 0.6 is 0 Å². The van der Waals surface area contributed by atoms with Gasteiger partial charge in [0.1, 0.15) is 0 Å². The quantitative estimate of drug-likeness (QED) is 0.371. The summed E-state index contributed by atoms with van der Waals surface area (Å²) in [6.07, 6.45) is 0. The Hall–Kier alpha value is -2.43. The molecule has 0 saturated heterocycles. The topological polar surface area (TPSA) is 37.4 Å². The van der Waals surface area contributed by atoms with Crippen LogP contribution in [-0.4, -0.2) is 26.8 Å². The van der Waals surface area contributed by atoms with Crippen molar-refractivity contribution in [2.75, 3.05) is 14.1 Å². The zero-order chi connectivity index (χ0) is 18.6. The number of sulfonamides is 1. The lowest BCUT2D eigenvalue weighted by atomic mass is 9.90. The van der Waals surface area contributed by atoms with Gasteiger partial charge in [0, 0.05) is 19.5 Å². The molecule has 0 saturated carbocycles. The summed E-state index contributed by atoms with van der Waals surface area (Å²) in [5, 5.41) is 6.52. The Morgan fingerprint density at radius 1 is 0.654 bits per heavy atom. The van der Waals surface area contributed by atoms with Gasteiger partial charge in [0.2, 0.25) is 10.0 Å². The van der Waals surface area contributed by atoms with Gasteiger partial charge >= 0.3 is 0 Å². The molecule has 3 nitrogen and oxygen atoms in total. The number of benzene rings is 4. The third-order valence-electron chi connectivity index (χ3n) is 5.29. The highest BCUT2D eigenvalue weighted by Crippen LogP contribution is 2.38. The van der Waals surface area contributed by atoms with E-state index < -0.39 is 10.0 Å². The van der Waals surface area contributed by atoms with Crippen LogP contribution in [0.2, 0.25) is 0 Å². The van der Waals surface area contributed by atoms with Crippen LogP contribution in [0, 0.1) is 13.8 Å². The second-order valence-electron chi connectivity index (χ2n) is 6.92. The van der Waals surface area contributed by atoms with Gasteiger partial charge in [-0.25, -0.2) is 12.7 Å². The summed E-state index contributed by atoms with van der Waals surface area (Å²) in [7, 11) is -0.369. The van der Waals surface area contributed by atoms with Crippen LogP contribution in [0.3, 0.4) is 0 Å². The van der Waals surface area contributed by atoms with Crippen molar-refractivity contribution in [3.63, 3.8) is 0 Å². The van der Waals surface area contributed by atoms with Crippen molar-refractivity contribution in [2.24, 2.45) is 0 Å². The largest absolute Gasteiger partial charge is 0.243 e. The zero-order valence-electron chi connectivity index (χ0n) is 15.4. The van der Waals surface area contributed by atoms with Crippen LogP contribution < -0.4 is 0 Å². The summed E-state index contributed by atoms with van der Waals surface area (Å²) < 4.78 is 26.8. The molecule has 0 aromatic heterocycles. The van der Waals surface area contributed by atoms with E-state index in [-0.39, 0.29) is 0 Å². The fourth-order valence-electron chi connectivity index (χ4n) is 3.88. The van der Waals surface area contributed by atoms with Crippen LogP contribution in [0.1, 0.15) is 11.1 Å². The van der Waals surface area contributed by atoms with Crippen molar-refractivity contribution in [1.29, 1.82) is 0 Å². The molecule has 4 aromatic carbocycles. The van der Waals surface area contributed by atoms with E-state index in [9.17, 15) is 8.42 Å². The van der Waals surface area contributed by atoms with Crippen LogP contribution in [-0.2, 0) is 10.0 Å². The molecule has 0 aliphatic carbocycles. The molecular formula is C22H21NO2S. The molecule has 0 aliphatic rings. The molecule has 0 spiro atoms. The van der Waals surface area contributed by atoms with Crippen LogP contribution in [0.25, 0.3) is 32.3 Å². The van der Waals surface area contributed by atoms with E-state index in [1.165, 1.54) is 31.6 Å². The molecule has 0 bridgehead atoms. The van der Waals surface area contributed by atoms with E-state index in [1.807, 2.05) is 24.3 Å². The first-order valence-electron chi connectivity index (χ1n) is 8.60. The Bertz CT molecular complexity index is 1290. The minimum atomic E-state index is -3.50. The van der Waals surface area contributed by atoms with Gasteiger partial charge in [0.15, 0.2) is 0 Å². The van der Waals surface area contributed by atoms with Crippen molar-refractivity contribution in [3.05, 3.63) is 65.7 Å². The minimum absolute atomic E-state index is 0.354. The predicted molar refractivity (Wildman–Crippen MR) is 109 cm³/mol. The van der Waals surface area contributed by atoms with E-state index in [4.69, 9.17) is 0 Å². The average molecular weight is 363 g/mol. The molecule has 4 aromatic rings. The Morgan fingerprint density at radius 2 is 1.23 bits per heavy atom. The van der Waals surface area contributed by atoms with Crippen molar-refractivity contribution in [2.45, 2.75) is 18.7 Å². The number of aryl methyl sites for hydroxylation is 2. The number of nitrogens with zero attached hydrogens (tertiary/aromatic N) is 1. The molecule has 0 radical (unpaired) electrons. The summed E-state index contributed by atoms with van der Waals surface area (Å²) in [6.45, 7) is 4.26. The maximum atomic E-state index is 12.8. The van der Waals surface area contributed by atoms with E-state index >= 15 is 0 Å². The monoisotopic (exact) mass is 363 g/mol. The number of hydrogen-bond acceptors (Lipinski definition) is 2. The first-order valence-corrected chi connectivity index (χ1v) is 10.0. The molecule has 26 heavy (non-hydrogen) atoms. The molecule has 4 heteroatoms. The summed E-state index contributed by atoms with van der Waals surface area (Å²) in [6, 6.07) is 17.9. The molecule has 132 valence electrons. The van der Waals surface area contributed by atoms with Crippen LogP contribution in [0.5, 0.6) is 0 Å². The Balaban J connectivity index is 2.25. The third kappa shape index (κ3) is 2.26. The highest BCUT2D eigenvalue weighted by Gasteiger charge is 2.21. The predicted octanol–water partition coefficient (Wildman–Crippen LogP) is 5.01. The van der Waals surface area contributed by atoms with Gasteiger partial charge in [-0.1, -0.05) is 48.5 Å². The maximum Gasteiger partial charge on any atom is 0.243 e. The summed E-state index contributed by atoms with van der Waals surface area (Å²) in [5.41, 5.74) is 2.41. The van der Waals surface area contributed by atoms with Gasteiger partial charge in [-0.2, -0.15) is 0 Å². The highest BCUT2D eigenvalue weighted by atomic mass is 32.2. The van der Waals surface area contributed by atoms with Gasteiger partial charge in [-0.3, -0.25) is 0 Å². The summed E-state index contributed by atoms with van der Waals surface area (Å²) in [4.78, 5) is 0.354. The van der Waals surface area contributed by atoms with Crippen molar-refractivity contribution < 1.29 is 8.42 Å². The lowest BCUT2D eigenvalue weighted by molar-refractivity contribution is 0.521. The van der Waals surface area contributed by atoms with E-state index in [1.54, 1.807) is 20.2 Å². The van der Waals surface area contributed by atoms with E-state index in [2.05, 4.69) is 38.1 Å². The van der Waals surface area contributed by atoms with Gasteiger partial charge in [-0.15, -0.1) is 0 Å². The fraction of sp³-hybridized carbons (Fsp3) is 0.182. The van der Waals surface area contributed by atoms with Gasteiger partial charge < -0.3 is 0 Å². The lowest BCUT2D eigenvalue weighted by Crippen LogP contribution is -2.22. The SMILES string of the molecule is Cc1c2ccccc2c(C)c2c1ccc1c(S(=O)(=O)N(C)C)cccc12. The molecule has 0 atom stereocenters. The Kier molecular flexibility index (Phi) is 3.79. The minimum Gasteiger partial charge on any atom is -0.207 e. The molecule has 0 aliphatic heterocycles. The first kappa shape index (κ1) is 17.0. The standard InChI is InChI=1S/C22H21NO2S/c1-14-16-8-5-6-9-17(16)15(2)22-18(14)12-13-19-20(22)10-7-11-21(19)26(24,25)23(3)4/h5-13H,1-4H3. The highest BCUT2D eigenvalue weighted by molar-refractivity contribution is 7.89. The van der Waals surface area contributed by atoms with E-state index in [0.29, 0.717) is 4.90 Å². The normalized spacial score (nSPS) is 12.5. The van der Waals surface area contributed by atoms with Crippen molar-refractivity contribution in [3.8, 4) is 0 Å². The maximum absolute atomic E-state index is 12.8. The van der Waals surface area contributed by atoms with Crippen LogP contribution in [0.15, 0.2) is 59.5 Å². The Labute approximate surface area is 153 Å².